The lowest BCUT2D eigenvalue weighted by Crippen LogP contribution is -1.97. The third-order valence-corrected chi connectivity index (χ3v) is 3.83. The first-order valence-electron chi connectivity index (χ1n) is 6.18. The molecule has 0 amide bonds. The van der Waals surface area contributed by atoms with Crippen molar-refractivity contribution in [3.63, 3.8) is 0 Å². The predicted octanol–water partition coefficient (Wildman–Crippen LogP) is 3.69. The highest BCUT2D eigenvalue weighted by atomic mass is 35.5. The molecule has 0 saturated heterocycles. The average molecular weight is 304 g/mol. The van der Waals surface area contributed by atoms with Crippen LogP contribution in [0.15, 0.2) is 30.6 Å². The molecule has 1 aromatic heterocycles. The average Bonchev–Trinajstić information content (AvgIpc) is 2.46. The number of hydrogen-bond acceptors (Lipinski definition) is 4. The van der Waals surface area contributed by atoms with Gasteiger partial charge in [0.2, 0.25) is 0 Å². The fourth-order valence-electron chi connectivity index (χ4n) is 2.32. The zero-order valence-electron chi connectivity index (χ0n) is 11.1. The fourth-order valence-corrected chi connectivity index (χ4v) is 2.50. The number of rotatable bonds is 1. The van der Waals surface area contributed by atoms with Crippen LogP contribution in [0, 0.1) is 12.7 Å². The van der Waals surface area contributed by atoms with E-state index in [0.717, 1.165) is 11.1 Å². The van der Waals surface area contributed by atoms with Crippen molar-refractivity contribution in [3.8, 4) is 16.9 Å². The molecule has 3 aromatic rings. The van der Waals surface area contributed by atoms with Crippen molar-refractivity contribution in [1.82, 2.24) is 9.97 Å². The molecule has 0 spiro atoms. The van der Waals surface area contributed by atoms with Crippen molar-refractivity contribution >= 4 is 28.3 Å². The van der Waals surface area contributed by atoms with Crippen LogP contribution in [0.5, 0.6) is 5.75 Å². The molecule has 21 heavy (non-hydrogen) atoms. The highest BCUT2D eigenvalue weighted by molar-refractivity contribution is 6.31. The van der Waals surface area contributed by atoms with Gasteiger partial charge in [0.05, 0.1) is 10.9 Å². The third kappa shape index (κ3) is 2.06. The molecule has 106 valence electrons. The van der Waals surface area contributed by atoms with Gasteiger partial charge in [-0.25, -0.2) is 14.4 Å². The summed E-state index contributed by atoms with van der Waals surface area (Å²) in [4.78, 5) is 7.93. The SMILES string of the molecule is Cc1c(Cl)cccc1-c1cc(F)c(O)c2c(N)ncnc12. The first-order valence-corrected chi connectivity index (χ1v) is 6.55. The maximum absolute atomic E-state index is 14.0. The number of nitrogens with two attached hydrogens (primary N) is 1. The van der Waals surface area contributed by atoms with E-state index in [2.05, 4.69) is 9.97 Å². The summed E-state index contributed by atoms with van der Waals surface area (Å²) in [6.07, 6.45) is 1.28. The van der Waals surface area contributed by atoms with E-state index < -0.39 is 11.6 Å². The molecule has 3 rings (SSSR count). The second kappa shape index (κ2) is 4.86. The van der Waals surface area contributed by atoms with E-state index in [-0.39, 0.29) is 11.2 Å². The van der Waals surface area contributed by atoms with Gasteiger partial charge >= 0.3 is 0 Å². The summed E-state index contributed by atoms with van der Waals surface area (Å²) in [5.74, 6) is -1.30. The number of anilines is 1. The standard InChI is InChI=1S/C15H11ClFN3O/c1-7-8(3-2-4-10(7)16)9-5-11(17)14(21)12-13(9)19-6-20-15(12)18/h2-6,21H,1H3,(H2,18,19,20). The van der Waals surface area contributed by atoms with Crippen LogP contribution in [0.25, 0.3) is 22.0 Å². The van der Waals surface area contributed by atoms with E-state index in [4.69, 9.17) is 17.3 Å². The molecule has 1 heterocycles. The molecular weight excluding hydrogens is 293 g/mol. The molecule has 4 nitrogen and oxygen atoms in total. The van der Waals surface area contributed by atoms with Gasteiger partial charge in [-0.15, -0.1) is 0 Å². The van der Waals surface area contributed by atoms with Gasteiger partial charge in [0.1, 0.15) is 12.1 Å². The predicted molar refractivity (Wildman–Crippen MR) is 80.8 cm³/mol. The van der Waals surface area contributed by atoms with Crippen LogP contribution >= 0.6 is 11.6 Å². The molecule has 0 unspecified atom stereocenters. The highest BCUT2D eigenvalue weighted by Gasteiger charge is 2.18. The summed E-state index contributed by atoms with van der Waals surface area (Å²) < 4.78 is 14.0. The normalized spacial score (nSPS) is 11.0. The van der Waals surface area contributed by atoms with E-state index >= 15 is 0 Å². The van der Waals surface area contributed by atoms with E-state index in [1.807, 2.05) is 13.0 Å². The summed E-state index contributed by atoms with van der Waals surface area (Å²) in [6.45, 7) is 1.83. The number of phenolic OH excluding ortho intramolecular Hbond substituents is 1. The van der Waals surface area contributed by atoms with Gasteiger partial charge in [-0.2, -0.15) is 0 Å². The summed E-state index contributed by atoms with van der Waals surface area (Å²) in [6, 6.07) is 6.56. The monoisotopic (exact) mass is 303 g/mol. The molecule has 0 atom stereocenters. The van der Waals surface area contributed by atoms with Gasteiger partial charge in [-0.05, 0) is 30.2 Å². The first-order chi connectivity index (χ1) is 10.0. The minimum Gasteiger partial charge on any atom is -0.504 e. The Morgan fingerprint density at radius 2 is 2.00 bits per heavy atom. The van der Waals surface area contributed by atoms with Crippen molar-refractivity contribution in [2.75, 3.05) is 5.73 Å². The first kappa shape index (κ1) is 13.6. The Morgan fingerprint density at radius 1 is 1.24 bits per heavy atom. The van der Waals surface area contributed by atoms with Crippen molar-refractivity contribution < 1.29 is 9.50 Å². The number of aromatic nitrogens is 2. The number of halogens is 2. The quantitative estimate of drug-likeness (QED) is 0.719. The van der Waals surface area contributed by atoms with Crippen LogP contribution < -0.4 is 5.73 Å². The number of fused-ring (bicyclic) bond motifs is 1. The number of nitrogens with zero attached hydrogens (tertiary/aromatic N) is 2. The Kier molecular flexibility index (Phi) is 3.14. The Balaban J connectivity index is 2.47. The van der Waals surface area contributed by atoms with Gasteiger partial charge in [0.15, 0.2) is 11.6 Å². The van der Waals surface area contributed by atoms with Gasteiger partial charge in [0, 0.05) is 10.6 Å². The molecule has 3 N–H and O–H groups in total. The van der Waals surface area contributed by atoms with Crippen LogP contribution in [0.4, 0.5) is 10.2 Å². The van der Waals surface area contributed by atoms with Crippen molar-refractivity contribution in [1.29, 1.82) is 0 Å². The second-order valence-corrected chi connectivity index (χ2v) is 5.06. The molecule has 6 heteroatoms. The minimum absolute atomic E-state index is 0.0259. The molecule has 0 bridgehead atoms. The summed E-state index contributed by atoms with van der Waals surface area (Å²) in [7, 11) is 0. The molecular formula is C15H11ClFN3O. The molecule has 0 fully saturated rings. The number of hydrogen-bond donors (Lipinski definition) is 2. The number of nitrogen functional groups attached to an aromatic ring is 1. The molecule has 0 radical (unpaired) electrons. The van der Waals surface area contributed by atoms with Crippen LogP contribution in [0.2, 0.25) is 5.02 Å². The molecule has 0 aliphatic carbocycles. The van der Waals surface area contributed by atoms with Crippen LogP contribution in [0.3, 0.4) is 0 Å². The molecule has 2 aromatic carbocycles. The summed E-state index contributed by atoms with van der Waals surface area (Å²) in [5, 5.41) is 10.5. The van der Waals surface area contributed by atoms with Crippen LogP contribution in [-0.4, -0.2) is 15.1 Å². The number of benzene rings is 2. The lowest BCUT2D eigenvalue weighted by Gasteiger charge is -2.12. The minimum atomic E-state index is -0.779. The number of aromatic hydroxyl groups is 1. The Morgan fingerprint density at radius 3 is 2.76 bits per heavy atom. The Hall–Kier alpha value is -2.40. The second-order valence-electron chi connectivity index (χ2n) is 4.65. The Bertz CT molecular complexity index is 867. The van der Waals surface area contributed by atoms with Gasteiger partial charge in [-0.1, -0.05) is 23.7 Å². The van der Waals surface area contributed by atoms with E-state index in [0.29, 0.717) is 16.1 Å². The van der Waals surface area contributed by atoms with Crippen molar-refractivity contribution in [2.45, 2.75) is 6.92 Å². The summed E-state index contributed by atoms with van der Waals surface area (Å²) in [5.41, 5.74) is 8.15. The largest absolute Gasteiger partial charge is 0.504 e. The van der Waals surface area contributed by atoms with Crippen LogP contribution in [-0.2, 0) is 0 Å². The zero-order valence-corrected chi connectivity index (χ0v) is 11.8. The van der Waals surface area contributed by atoms with Gasteiger partial charge in [0.25, 0.3) is 0 Å². The van der Waals surface area contributed by atoms with Crippen LogP contribution in [0.1, 0.15) is 5.56 Å². The summed E-state index contributed by atoms with van der Waals surface area (Å²) >= 11 is 6.12. The maximum Gasteiger partial charge on any atom is 0.166 e. The topological polar surface area (TPSA) is 72.0 Å². The van der Waals surface area contributed by atoms with Crippen molar-refractivity contribution in [2.24, 2.45) is 0 Å². The number of phenols is 1. The van der Waals surface area contributed by atoms with E-state index in [1.165, 1.54) is 12.4 Å². The van der Waals surface area contributed by atoms with E-state index in [1.54, 1.807) is 12.1 Å². The smallest absolute Gasteiger partial charge is 0.166 e. The van der Waals surface area contributed by atoms with Gasteiger partial charge < -0.3 is 10.8 Å². The maximum atomic E-state index is 14.0. The fraction of sp³-hybridized carbons (Fsp3) is 0.0667. The zero-order chi connectivity index (χ0) is 15.1. The lowest BCUT2D eigenvalue weighted by molar-refractivity contribution is 0.439. The van der Waals surface area contributed by atoms with Gasteiger partial charge in [-0.3, -0.25) is 0 Å². The third-order valence-electron chi connectivity index (χ3n) is 3.42. The lowest BCUT2D eigenvalue weighted by atomic mass is 9.97. The van der Waals surface area contributed by atoms with Crippen molar-refractivity contribution in [3.05, 3.63) is 47.0 Å². The molecule has 0 saturated carbocycles. The highest BCUT2D eigenvalue weighted by Crippen LogP contribution is 2.39. The molecule has 0 aliphatic heterocycles. The van der Waals surface area contributed by atoms with E-state index in [9.17, 15) is 9.50 Å². The molecule has 0 aliphatic rings. The Labute approximate surface area is 125 Å².